The van der Waals surface area contributed by atoms with Gasteiger partial charge in [0.25, 0.3) is 0 Å². The maximum atomic E-state index is 8.97. The Morgan fingerprint density at radius 2 is 1.92 bits per heavy atom. The number of aliphatic hydroxyl groups is 1. The lowest BCUT2D eigenvalue weighted by atomic mass is 10.2. The molecule has 1 N–H and O–H groups in total. The topological polar surface area (TPSA) is 20.2 Å². The number of hydrogen-bond acceptors (Lipinski definition) is 1. The zero-order chi connectivity index (χ0) is 8.97. The van der Waals surface area contributed by atoms with Crippen LogP contribution in [0.5, 0.6) is 0 Å². The predicted molar refractivity (Wildman–Crippen MR) is 54.9 cm³/mol. The molecule has 1 rings (SSSR count). The third-order valence-electron chi connectivity index (χ3n) is 1.44. The van der Waals surface area contributed by atoms with Crippen molar-refractivity contribution in [2.45, 2.75) is 13.0 Å². The van der Waals surface area contributed by atoms with Gasteiger partial charge in [-0.15, -0.1) is 0 Å². The van der Waals surface area contributed by atoms with Gasteiger partial charge < -0.3 is 5.11 Å². The van der Waals surface area contributed by atoms with Gasteiger partial charge in [-0.3, -0.25) is 0 Å². The van der Waals surface area contributed by atoms with Crippen molar-refractivity contribution in [1.29, 1.82) is 0 Å². The van der Waals surface area contributed by atoms with Crippen molar-refractivity contribution >= 4 is 22.0 Å². The molecule has 0 saturated carbocycles. The van der Waals surface area contributed by atoms with E-state index in [9.17, 15) is 0 Å². The lowest BCUT2D eigenvalue weighted by molar-refractivity contribution is 0.245. The second-order valence-corrected chi connectivity index (χ2v) is 3.57. The molecule has 0 aliphatic rings. The van der Waals surface area contributed by atoms with Crippen LogP contribution in [-0.2, 0) is 0 Å². The zero-order valence-corrected chi connectivity index (χ0v) is 8.45. The summed E-state index contributed by atoms with van der Waals surface area (Å²) in [7, 11) is 0. The van der Waals surface area contributed by atoms with Crippen LogP contribution in [-0.4, -0.2) is 11.2 Å². The summed E-state index contributed by atoms with van der Waals surface area (Å²) in [5.74, 6) is 0. The van der Waals surface area contributed by atoms with Crippen LogP contribution >= 0.6 is 15.9 Å². The van der Waals surface area contributed by atoms with Crippen LogP contribution in [0.15, 0.2) is 34.8 Å². The normalized spacial score (nSPS) is 13.6. The first kappa shape index (κ1) is 9.49. The van der Waals surface area contributed by atoms with Crippen LogP contribution in [0.4, 0.5) is 0 Å². The highest BCUT2D eigenvalue weighted by Crippen LogP contribution is 2.11. The first-order chi connectivity index (χ1) is 5.68. The molecule has 0 amide bonds. The molecule has 1 nitrogen and oxygen atoms in total. The molecule has 0 bridgehead atoms. The molecule has 0 radical (unpaired) electrons. The van der Waals surface area contributed by atoms with Crippen molar-refractivity contribution in [3.05, 3.63) is 40.4 Å². The van der Waals surface area contributed by atoms with E-state index in [-0.39, 0.29) is 6.10 Å². The van der Waals surface area contributed by atoms with Gasteiger partial charge >= 0.3 is 0 Å². The highest BCUT2D eigenvalue weighted by atomic mass is 79.9. The molecular weight excluding hydrogens is 216 g/mol. The van der Waals surface area contributed by atoms with Crippen LogP contribution < -0.4 is 0 Å². The highest BCUT2D eigenvalue weighted by Gasteiger charge is 1.88. The van der Waals surface area contributed by atoms with Gasteiger partial charge in [0, 0.05) is 4.47 Å². The smallest absolute Gasteiger partial charge is 0.0696 e. The summed E-state index contributed by atoms with van der Waals surface area (Å²) in [6.45, 7) is 1.73. The van der Waals surface area contributed by atoms with Gasteiger partial charge in [0.2, 0.25) is 0 Å². The number of halogens is 1. The molecule has 2 heteroatoms. The average Bonchev–Trinajstić information content (AvgIpc) is 2.03. The Balaban J connectivity index is 2.71. The van der Waals surface area contributed by atoms with Gasteiger partial charge in [0.15, 0.2) is 0 Å². The Morgan fingerprint density at radius 3 is 2.42 bits per heavy atom. The zero-order valence-electron chi connectivity index (χ0n) is 6.87. The average molecular weight is 227 g/mol. The fraction of sp³-hybridized carbons (Fsp3) is 0.200. The van der Waals surface area contributed by atoms with Crippen molar-refractivity contribution in [1.82, 2.24) is 0 Å². The number of rotatable bonds is 2. The first-order valence-electron chi connectivity index (χ1n) is 3.80. The van der Waals surface area contributed by atoms with Crippen molar-refractivity contribution in [2.24, 2.45) is 0 Å². The largest absolute Gasteiger partial charge is 0.389 e. The summed E-state index contributed by atoms with van der Waals surface area (Å²) in [4.78, 5) is 0. The van der Waals surface area contributed by atoms with Gasteiger partial charge in [-0.1, -0.05) is 40.2 Å². The van der Waals surface area contributed by atoms with E-state index in [0.717, 1.165) is 10.0 Å². The maximum Gasteiger partial charge on any atom is 0.0696 e. The van der Waals surface area contributed by atoms with Gasteiger partial charge in [-0.2, -0.15) is 0 Å². The van der Waals surface area contributed by atoms with Gasteiger partial charge in [-0.05, 0) is 24.6 Å². The van der Waals surface area contributed by atoms with E-state index < -0.39 is 0 Å². The van der Waals surface area contributed by atoms with E-state index in [1.54, 1.807) is 13.0 Å². The Morgan fingerprint density at radius 1 is 1.33 bits per heavy atom. The summed E-state index contributed by atoms with van der Waals surface area (Å²) < 4.78 is 1.07. The summed E-state index contributed by atoms with van der Waals surface area (Å²) in [6, 6.07) is 7.93. The lowest BCUT2D eigenvalue weighted by Crippen LogP contribution is -1.90. The summed E-state index contributed by atoms with van der Waals surface area (Å²) in [6.07, 6.45) is 3.27. The summed E-state index contributed by atoms with van der Waals surface area (Å²) in [5.41, 5.74) is 1.10. The molecule has 0 spiro atoms. The SMILES string of the molecule is C[C@@H](O)/C=C/c1ccc(Br)cc1. The quantitative estimate of drug-likeness (QED) is 0.823. The van der Waals surface area contributed by atoms with Crippen LogP contribution in [0.3, 0.4) is 0 Å². The van der Waals surface area contributed by atoms with Crippen molar-refractivity contribution in [3.8, 4) is 0 Å². The number of hydrogen-bond donors (Lipinski definition) is 1. The minimum absolute atomic E-state index is 0.381. The fourth-order valence-corrected chi connectivity index (χ4v) is 1.09. The molecule has 1 aromatic carbocycles. The monoisotopic (exact) mass is 226 g/mol. The molecule has 12 heavy (non-hydrogen) atoms. The van der Waals surface area contributed by atoms with Gasteiger partial charge in [0.05, 0.1) is 6.10 Å². The van der Waals surface area contributed by atoms with Crippen LogP contribution in [0.2, 0.25) is 0 Å². The van der Waals surface area contributed by atoms with E-state index in [0.29, 0.717) is 0 Å². The first-order valence-corrected chi connectivity index (χ1v) is 4.59. The van der Waals surface area contributed by atoms with E-state index >= 15 is 0 Å². The van der Waals surface area contributed by atoms with Crippen molar-refractivity contribution in [2.75, 3.05) is 0 Å². The molecule has 1 aromatic rings. The van der Waals surface area contributed by atoms with Gasteiger partial charge in [0.1, 0.15) is 0 Å². The molecule has 0 saturated heterocycles. The molecule has 0 fully saturated rings. The van der Waals surface area contributed by atoms with Crippen LogP contribution in [0, 0.1) is 0 Å². The van der Waals surface area contributed by atoms with E-state index in [4.69, 9.17) is 5.11 Å². The fourth-order valence-electron chi connectivity index (χ4n) is 0.824. The second-order valence-electron chi connectivity index (χ2n) is 2.65. The van der Waals surface area contributed by atoms with Crippen LogP contribution in [0.25, 0.3) is 6.08 Å². The molecule has 0 unspecified atom stereocenters. The summed E-state index contributed by atoms with van der Waals surface area (Å²) in [5, 5.41) is 8.97. The van der Waals surface area contributed by atoms with E-state index in [1.807, 2.05) is 30.3 Å². The predicted octanol–water partition coefficient (Wildman–Crippen LogP) is 2.84. The van der Waals surface area contributed by atoms with E-state index in [2.05, 4.69) is 15.9 Å². The Labute approximate surface area is 80.9 Å². The third-order valence-corrected chi connectivity index (χ3v) is 1.97. The van der Waals surface area contributed by atoms with E-state index in [1.165, 1.54) is 0 Å². The molecule has 0 heterocycles. The lowest BCUT2D eigenvalue weighted by Gasteiger charge is -1.95. The van der Waals surface area contributed by atoms with Crippen LogP contribution in [0.1, 0.15) is 12.5 Å². The highest BCUT2D eigenvalue weighted by molar-refractivity contribution is 9.10. The Hall–Kier alpha value is -0.600. The minimum Gasteiger partial charge on any atom is -0.389 e. The number of aliphatic hydroxyl groups excluding tert-OH is 1. The molecule has 64 valence electrons. The maximum absolute atomic E-state index is 8.97. The van der Waals surface area contributed by atoms with Gasteiger partial charge in [-0.25, -0.2) is 0 Å². The molecule has 0 aromatic heterocycles. The standard InChI is InChI=1S/C10H11BrO/c1-8(12)2-3-9-4-6-10(11)7-5-9/h2-8,12H,1H3/b3-2+/t8-/m1/s1. The summed E-state index contributed by atoms with van der Waals surface area (Å²) >= 11 is 3.35. The Kier molecular flexibility index (Phi) is 3.50. The molecular formula is C10H11BrO. The Bertz CT molecular complexity index is 262. The number of benzene rings is 1. The van der Waals surface area contributed by atoms with Crippen molar-refractivity contribution in [3.63, 3.8) is 0 Å². The second kappa shape index (κ2) is 4.43. The molecule has 1 atom stereocenters. The third kappa shape index (κ3) is 3.20. The minimum atomic E-state index is -0.381. The molecule has 0 aliphatic carbocycles. The molecule has 0 aliphatic heterocycles. The van der Waals surface area contributed by atoms with Crippen molar-refractivity contribution < 1.29 is 5.11 Å².